The third-order valence-corrected chi connectivity index (χ3v) is 6.83. The maximum absolute atomic E-state index is 12.8. The summed E-state index contributed by atoms with van der Waals surface area (Å²) in [6.07, 6.45) is 9.71. The highest BCUT2D eigenvalue weighted by molar-refractivity contribution is 6.34. The van der Waals surface area contributed by atoms with Crippen molar-refractivity contribution in [2.45, 2.75) is 38.5 Å². The molecule has 3 aliphatic rings. The second-order valence-corrected chi connectivity index (χ2v) is 8.75. The normalized spacial score (nSPS) is 28.3. The van der Waals surface area contributed by atoms with Gasteiger partial charge in [0.25, 0.3) is 0 Å². The molecule has 6 nitrogen and oxygen atoms in total. The molecule has 29 heavy (non-hydrogen) atoms. The molecule has 0 heterocycles. The molecular formula is C22H25ClN2O4. The SMILES string of the molecule is O=C(Nc1ccc(NC(=O)[C@@H]2[C@H](C(=O)O)[C@H]3C=C[C@H]2C3)cc1Cl)C1CCCCC1. The molecular weight excluding hydrogens is 392 g/mol. The fraction of sp³-hybridized carbons (Fsp3) is 0.500. The minimum absolute atomic E-state index is 0.0125. The summed E-state index contributed by atoms with van der Waals surface area (Å²) in [5.41, 5.74) is 1.01. The van der Waals surface area contributed by atoms with Crippen LogP contribution in [-0.4, -0.2) is 22.9 Å². The molecule has 0 radical (unpaired) electrons. The zero-order chi connectivity index (χ0) is 20.5. The lowest BCUT2D eigenvalue weighted by atomic mass is 9.82. The summed E-state index contributed by atoms with van der Waals surface area (Å²) in [6.45, 7) is 0. The molecule has 0 saturated heterocycles. The van der Waals surface area contributed by atoms with E-state index in [1.165, 1.54) is 6.42 Å². The molecule has 0 spiro atoms. The first-order valence-electron chi connectivity index (χ1n) is 10.3. The van der Waals surface area contributed by atoms with Crippen molar-refractivity contribution in [1.82, 2.24) is 0 Å². The van der Waals surface area contributed by atoms with Crippen molar-refractivity contribution >= 4 is 40.8 Å². The van der Waals surface area contributed by atoms with E-state index in [4.69, 9.17) is 11.6 Å². The molecule has 2 bridgehead atoms. The van der Waals surface area contributed by atoms with E-state index in [1.807, 2.05) is 12.2 Å². The number of benzene rings is 1. The summed E-state index contributed by atoms with van der Waals surface area (Å²) in [5.74, 6) is -2.59. The highest BCUT2D eigenvalue weighted by Gasteiger charge is 2.51. The largest absolute Gasteiger partial charge is 0.481 e. The van der Waals surface area contributed by atoms with E-state index >= 15 is 0 Å². The van der Waals surface area contributed by atoms with Crippen LogP contribution in [-0.2, 0) is 14.4 Å². The maximum atomic E-state index is 12.8. The molecule has 2 fully saturated rings. The summed E-state index contributed by atoms with van der Waals surface area (Å²) in [6, 6.07) is 4.95. The van der Waals surface area contributed by atoms with Crippen molar-refractivity contribution in [2.24, 2.45) is 29.6 Å². The van der Waals surface area contributed by atoms with Gasteiger partial charge in [0.1, 0.15) is 0 Å². The van der Waals surface area contributed by atoms with Crippen molar-refractivity contribution < 1.29 is 19.5 Å². The van der Waals surface area contributed by atoms with Crippen LogP contribution in [0.5, 0.6) is 0 Å². The van der Waals surface area contributed by atoms with E-state index in [1.54, 1.807) is 18.2 Å². The molecule has 2 amide bonds. The number of allylic oxidation sites excluding steroid dienone is 2. The minimum Gasteiger partial charge on any atom is -0.481 e. The van der Waals surface area contributed by atoms with Crippen LogP contribution in [0.25, 0.3) is 0 Å². The lowest BCUT2D eigenvalue weighted by Crippen LogP contribution is -2.36. The van der Waals surface area contributed by atoms with E-state index < -0.39 is 17.8 Å². The van der Waals surface area contributed by atoms with E-state index in [-0.39, 0.29) is 29.6 Å². The fourth-order valence-corrected chi connectivity index (χ4v) is 5.26. The van der Waals surface area contributed by atoms with Crippen LogP contribution in [0, 0.1) is 29.6 Å². The Bertz CT molecular complexity index is 862. The average Bonchev–Trinajstić information content (AvgIpc) is 3.32. The quantitative estimate of drug-likeness (QED) is 0.623. The van der Waals surface area contributed by atoms with Gasteiger partial charge in [0.15, 0.2) is 0 Å². The molecule has 1 aromatic rings. The van der Waals surface area contributed by atoms with Gasteiger partial charge in [-0.05, 0) is 49.3 Å². The summed E-state index contributed by atoms with van der Waals surface area (Å²) in [7, 11) is 0. The van der Waals surface area contributed by atoms with Gasteiger partial charge < -0.3 is 15.7 Å². The molecule has 1 aromatic carbocycles. The number of hydrogen-bond donors (Lipinski definition) is 3. The Morgan fingerprint density at radius 2 is 1.62 bits per heavy atom. The van der Waals surface area contributed by atoms with Crippen molar-refractivity contribution in [1.29, 1.82) is 0 Å². The van der Waals surface area contributed by atoms with Crippen molar-refractivity contribution in [2.75, 3.05) is 10.6 Å². The van der Waals surface area contributed by atoms with Crippen molar-refractivity contribution in [3.8, 4) is 0 Å². The number of amides is 2. The standard InChI is InChI=1S/C22H25ClN2O4/c23-16-11-15(8-9-17(16)25-20(26)12-4-2-1-3-5-12)24-21(27)18-13-6-7-14(10-13)19(18)22(28)29/h6-9,11-14,18-19H,1-5,10H2,(H,24,27)(H,25,26)(H,28,29)/t13-,14-,18-,19+/m0/s1. The van der Waals surface area contributed by atoms with Crippen LogP contribution in [0.1, 0.15) is 38.5 Å². The highest BCUT2D eigenvalue weighted by Crippen LogP contribution is 2.48. The third-order valence-electron chi connectivity index (χ3n) is 6.52. The van der Waals surface area contributed by atoms with Crippen LogP contribution in [0.2, 0.25) is 5.02 Å². The van der Waals surface area contributed by atoms with Crippen LogP contribution in [0.4, 0.5) is 11.4 Å². The Kier molecular flexibility index (Phi) is 5.63. The second-order valence-electron chi connectivity index (χ2n) is 8.35. The maximum Gasteiger partial charge on any atom is 0.307 e. The smallest absolute Gasteiger partial charge is 0.307 e. The van der Waals surface area contributed by atoms with Gasteiger partial charge in [-0.2, -0.15) is 0 Å². The Hall–Kier alpha value is -2.34. The van der Waals surface area contributed by atoms with Gasteiger partial charge in [-0.3, -0.25) is 14.4 Å². The zero-order valence-corrected chi connectivity index (χ0v) is 16.8. The first-order chi connectivity index (χ1) is 13.9. The Balaban J connectivity index is 1.41. The average molecular weight is 417 g/mol. The molecule has 3 aliphatic carbocycles. The number of halogens is 1. The van der Waals surface area contributed by atoms with Gasteiger partial charge in [0, 0.05) is 11.6 Å². The van der Waals surface area contributed by atoms with E-state index in [0.717, 1.165) is 25.7 Å². The predicted molar refractivity (Wildman–Crippen MR) is 111 cm³/mol. The number of carbonyl (C=O) groups is 3. The number of hydrogen-bond acceptors (Lipinski definition) is 3. The third kappa shape index (κ3) is 4.04. The van der Waals surface area contributed by atoms with Crippen LogP contribution >= 0.6 is 11.6 Å². The first kappa shape index (κ1) is 20.0. The summed E-state index contributed by atoms with van der Waals surface area (Å²) >= 11 is 6.33. The van der Waals surface area contributed by atoms with Crippen molar-refractivity contribution in [3.05, 3.63) is 35.4 Å². The molecule has 0 aliphatic heterocycles. The van der Waals surface area contributed by atoms with E-state index in [0.29, 0.717) is 22.8 Å². The lowest BCUT2D eigenvalue weighted by Gasteiger charge is -2.24. The number of carboxylic acid groups (broad SMARTS) is 1. The molecule has 3 N–H and O–H groups in total. The molecule has 0 unspecified atom stereocenters. The van der Waals surface area contributed by atoms with E-state index in [9.17, 15) is 19.5 Å². The number of nitrogens with one attached hydrogen (secondary N) is 2. The predicted octanol–water partition coefficient (Wildman–Crippen LogP) is 4.32. The van der Waals surface area contributed by atoms with Crippen LogP contribution < -0.4 is 10.6 Å². The van der Waals surface area contributed by atoms with E-state index in [2.05, 4.69) is 10.6 Å². The number of anilines is 2. The molecule has 7 heteroatoms. The molecule has 0 aromatic heterocycles. The van der Waals surface area contributed by atoms with Gasteiger partial charge in [0.2, 0.25) is 11.8 Å². The van der Waals surface area contributed by atoms with Gasteiger partial charge in [-0.25, -0.2) is 0 Å². The Morgan fingerprint density at radius 3 is 2.28 bits per heavy atom. The van der Waals surface area contributed by atoms with Gasteiger partial charge in [0.05, 0.1) is 22.5 Å². The van der Waals surface area contributed by atoms with Crippen molar-refractivity contribution in [3.63, 3.8) is 0 Å². The number of rotatable bonds is 5. The minimum atomic E-state index is -0.930. The highest BCUT2D eigenvalue weighted by atomic mass is 35.5. The monoisotopic (exact) mass is 416 g/mol. The first-order valence-corrected chi connectivity index (χ1v) is 10.6. The summed E-state index contributed by atoms with van der Waals surface area (Å²) < 4.78 is 0. The molecule has 154 valence electrons. The van der Waals surface area contributed by atoms with Gasteiger partial charge >= 0.3 is 5.97 Å². The van der Waals surface area contributed by atoms with Crippen LogP contribution in [0.15, 0.2) is 30.4 Å². The van der Waals surface area contributed by atoms with Gasteiger partial charge in [-0.1, -0.05) is 43.0 Å². The molecule has 2 saturated carbocycles. The zero-order valence-electron chi connectivity index (χ0n) is 16.1. The fourth-order valence-electron chi connectivity index (χ4n) is 5.04. The summed E-state index contributed by atoms with van der Waals surface area (Å²) in [4.78, 5) is 36.8. The topological polar surface area (TPSA) is 95.5 Å². The number of carbonyl (C=O) groups excluding carboxylic acids is 2. The van der Waals surface area contributed by atoms with Crippen LogP contribution in [0.3, 0.4) is 0 Å². The summed E-state index contributed by atoms with van der Waals surface area (Å²) in [5, 5.41) is 15.6. The second kappa shape index (κ2) is 8.19. The van der Waals surface area contributed by atoms with Gasteiger partial charge in [-0.15, -0.1) is 0 Å². The number of carboxylic acids is 1. The lowest BCUT2D eigenvalue weighted by molar-refractivity contribution is -0.146. The Labute approximate surface area is 174 Å². The number of aliphatic carboxylic acids is 1. The Morgan fingerprint density at radius 1 is 0.931 bits per heavy atom. The number of fused-ring (bicyclic) bond motifs is 2. The molecule has 4 atom stereocenters. The molecule has 4 rings (SSSR count).